The lowest BCUT2D eigenvalue weighted by molar-refractivity contribution is 0.728. The average molecular weight is 369 g/mol. The number of pyridine rings is 1. The fourth-order valence-electron chi connectivity index (χ4n) is 3.37. The molecule has 7 nitrogen and oxygen atoms in total. The number of nitrogens with zero attached hydrogens (tertiary/aromatic N) is 5. The van der Waals surface area contributed by atoms with E-state index in [0.29, 0.717) is 12.5 Å². The molecule has 0 saturated heterocycles. The number of aromatic nitrogens is 5. The molecule has 3 heterocycles. The first-order valence-electron chi connectivity index (χ1n) is 9.15. The Morgan fingerprint density at radius 3 is 2.71 bits per heavy atom. The van der Waals surface area contributed by atoms with E-state index in [0.717, 1.165) is 40.2 Å². The van der Waals surface area contributed by atoms with Crippen LogP contribution in [0.4, 0.5) is 11.6 Å². The minimum absolute atomic E-state index is 0.562. The Morgan fingerprint density at radius 1 is 0.964 bits per heavy atom. The van der Waals surface area contributed by atoms with Crippen LogP contribution < -0.4 is 11.1 Å². The predicted molar refractivity (Wildman–Crippen MR) is 110 cm³/mol. The average Bonchev–Trinajstić information content (AvgIpc) is 3.32. The first kappa shape index (κ1) is 16.5. The number of anilines is 2. The molecule has 5 aromatic rings. The van der Waals surface area contributed by atoms with Gasteiger partial charge in [0.25, 0.3) is 0 Å². The molecule has 0 aliphatic rings. The molecule has 0 unspecified atom stereocenters. The largest absolute Gasteiger partial charge is 0.329 e. The van der Waals surface area contributed by atoms with Gasteiger partial charge in [-0.15, -0.1) is 5.10 Å². The van der Waals surface area contributed by atoms with Gasteiger partial charge in [0, 0.05) is 24.3 Å². The van der Waals surface area contributed by atoms with Gasteiger partial charge in [-0.1, -0.05) is 30.3 Å². The van der Waals surface area contributed by atoms with Crippen LogP contribution in [0, 0.1) is 0 Å². The number of benzene rings is 2. The van der Waals surface area contributed by atoms with E-state index in [-0.39, 0.29) is 0 Å². The van der Waals surface area contributed by atoms with Crippen molar-refractivity contribution in [2.75, 3.05) is 11.9 Å². The normalized spacial score (nSPS) is 11.3. The number of nitrogens with one attached hydrogen (secondary N) is 1. The summed E-state index contributed by atoms with van der Waals surface area (Å²) in [6.07, 6.45) is 1.83. The zero-order valence-electron chi connectivity index (χ0n) is 15.2. The SMILES string of the molecule is NCCn1cnc2cc(-c3cccc4nc(Nc5ccccc5)nn34)ccc21. The highest BCUT2D eigenvalue weighted by Gasteiger charge is 2.11. The molecule has 0 spiro atoms. The van der Waals surface area contributed by atoms with Crippen LogP contribution in [0.5, 0.6) is 0 Å². The third-order valence-electron chi connectivity index (χ3n) is 4.68. The first-order chi connectivity index (χ1) is 13.8. The quantitative estimate of drug-likeness (QED) is 0.496. The maximum atomic E-state index is 5.68. The van der Waals surface area contributed by atoms with Gasteiger partial charge in [0.2, 0.25) is 5.95 Å². The Hall–Kier alpha value is -3.71. The van der Waals surface area contributed by atoms with E-state index < -0.39 is 0 Å². The fourth-order valence-corrected chi connectivity index (χ4v) is 3.37. The summed E-state index contributed by atoms with van der Waals surface area (Å²) in [6.45, 7) is 1.34. The van der Waals surface area contributed by atoms with Gasteiger partial charge in [0.1, 0.15) is 0 Å². The molecule has 0 aliphatic carbocycles. The molecule has 2 aromatic carbocycles. The highest BCUT2D eigenvalue weighted by atomic mass is 15.4. The number of hydrogen-bond donors (Lipinski definition) is 2. The van der Waals surface area contributed by atoms with E-state index in [1.54, 1.807) is 0 Å². The van der Waals surface area contributed by atoms with Crippen LogP contribution in [-0.2, 0) is 6.54 Å². The molecule has 0 saturated carbocycles. The number of fused-ring (bicyclic) bond motifs is 2. The fraction of sp³-hybridized carbons (Fsp3) is 0.0952. The Balaban J connectivity index is 1.56. The maximum absolute atomic E-state index is 5.68. The number of imidazole rings is 1. The van der Waals surface area contributed by atoms with Crippen molar-refractivity contribution in [2.24, 2.45) is 5.73 Å². The number of rotatable bonds is 5. The summed E-state index contributed by atoms with van der Waals surface area (Å²) in [4.78, 5) is 9.11. The third-order valence-corrected chi connectivity index (χ3v) is 4.68. The summed E-state index contributed by atoms with van der Waals surface area (Å²) in [7, 11) is 0. The predicted octanol–water partition coefficient (Wildman–Crippen LogP) is 3.45. The summed E-state index contributed by atoms with van der Waals surface area (Å²) in [6, 6.07) is 22.1. The van der Waals surface area contributed by atoms with Crippen molar-refractivity contribution in [3.63, 3.8) is 0 Å². The number of hydrogen-bond acceptors (Lipinski definition) is 5. The molecule has 7 heteroatoms. The Bertz CT molecular complexity index is 1250. The van der Waals surface area contributed by atoms with Gasteiger partial charge in [-0.05, 0) is 36.4 Å². The number of para-hydroxylation sites is 1. The summed E-state index contributed by atoms with van der Waals surface area (Å²) in [5.74, 6) is 0.562. The molecule has 28 heavy (non-hydrogen) atoms. The van der Waals surface area contributed by atoms with Crippen molar-refractivity contribution < 1.29 is 0 Å². The first-order valence-corrected chi connectivity index (χ1v) is 9.15. The van der Waals surface area contributed by atoms with Crippen LogP contribution in [0.25, 0.3) is 27.9 Å². The molecule has 0 aliphatic heterocycles. The summed E-state index contributed by atoms with van der Waals surface area (Å²) in [5.41, 5.74) is 11.4. The lowest BCUT2D eigenvalue weighted by atomic mass is 10.1. The molecule has 0 bridgehead atoms. The van der Waals surface area contributed by atoms with Gasteiger partial charge >= 0.3 is 0 Å². The van der Waals surface area contributed by atoms with Crippen molar-refractivity contribution in [3.05, 3.63) is 73.1 Å². The summed E-state index contributed by atoms with van der Waals surface area (Å²) in [5, 5.41) is 7.90. The second kappa shape index (κ2) is 6.79. The summed E-state index contributed by atoms with van der Waals surface area (Å²) < 4.78 is 3.92. The van der Waals surface area contributed by atoms with Gasteiger partial charge in [-0.25, -0.2) is 9.50 Å². The molecule has 5 rings (SSSR count). The molecule has 3 aromatic heterocycles. The van der Waals surface area contributed by atoms with Gasteiger partial charge in [-0.3, -0.25) is 0 Å². The highest BCUT2D eigenvalue weighted by Crippen LogP contribution is 2.25. The van der Waals surface area contributed by atoms with Crippen LogP contribution in [-0.4, -0.2) is 30.7 Å². The van der Waals surface area contributed by atoms with Crippen molar-refractivity contribution in [2.45, 2.75) is 6.54 Å². The molecular weight excluding hydrogens is 350 g/mol. The van der Waals surface area contributed by atoms with Crippen LogP contribution >= 0.6 is 0 Å². The minimum atomic E-state index is 0.562. The van der Waals surface area contributed by atoms with Crippen molar-refractivity contribution in [3.8, 4) is 11.3 Å². The van der Waals surface area contributed by atoms with Gasteiger partial charge in [-0.2, -0.15) is 4.98 Å². The summed E-state index contributed by atoms with van der Waals surface area (Å²) >= 11 is 0. The minimum Gasteiger partial charge on any atom is -0.329 e. The van der Waals surface area contributed by atoms with Crippen LogP contribution in [0.2, 0.25) is 0 Å². The lowest BCUT2D eigenvalue weighted by Gasteiger charge is -2.05. The topological polar surface area (TPSA) is 86.1 Å². The Morgan fingerprint density at radius 2 is 1.86 bits per heavy atom. The smallest absolute Gasteiger partial charge is 0.247 e. The molecule has 138 valence electrons. The second-order valence-electron chi connectivity index (χ2n) is 6.54. The Labute approximate surface area is 161 Å². The molecular formula is C21H19N7. The van der Waals surface area contributed by atoms with Crippen molar-refractivity contribution >= 4 is 28.3 Å². The van der Waals surface area contributed by atoms with E-state index in [1.165, 1.54) is 0 Å². The zero-order chi connectivity index (χ0) is 18.9. The zero-order valence-corrected chi connectivity index (χ0v) is 15.2. The van der Waals surface area contributed by atoms with Gasteiger partial charge < -0.3 is 15.6 Å². The van der Waals surface area contributed by atoms with Crippen molar-refractivity contribution in [1.29, 1.82) is 0 Å². The maximum Gasteiger partial charge on any atom is 0.247 e. The monoisotopic (exact) mass is 369 g/mol. The standard InChI is InChI=1S/C21H19N7/c22-11-12-27-14-23-17-13-15(9-10-19(17)27)18-7-4-8-20-25-21(26-28(18)20)24-16-5-2-1-3-6-16/h1-10,13-14H,11-12,22H2,(H,24,26). The van der Waals surface area contributed by atoms with E-state index in [1.807, 2.05) is 59.4 Å². The van der Waals surface area contributed by atoms with Crippen LogP contribution in [0.15, 0.2) is 73.1 Å². The lowest BCUT2D eigenvalue weighted by Crippen LogP contribution is -2.08. The van der Waals surface area contributed by atoms with Crippen LogP contribution in [0.3, 0.4) is 0 Å². The van der Waals surface area contributed by atoms with E-state index in [4.69, 9.17) is 5.73 Å². The molecule has 0 fully saturated rings. The van der Waals surface area contributed by atoms with E-state index >= 15 is 0 Å². The second-order valence-corrected chi connectivity index (χ2v) is 6.54. The van der Waals surface area contributed by atoms with Crippen molar-refractivity contribution in [1.82, 2.24) is 24.1 Å². The highest BCUT2D eigenvalue weighted by molar-refractivity contribution is 5.81. The molecule has 0 amide bonds. The molecule has 0 atom stereocenters. The van der Waals surface area contributed by atoms with Crippen LogP contribution in [0.1, 0.15) is 0 Å². The van der Waals surface area contributed by atoms with E-state index in [2.05, 4.69) is 43.1 Å². The Kier molecular flexibility index (Phi) is 3.99. The third kappa shape index (κ3) is 2.87. The van der Waals surface area contributed by atoms with E-state index in [9.17, 15) is 0 Å². The van der Waals surface area contributed by atoms with Gasteiger partial charge in [0.05, 0.1) is 23.1 Å². The van der Waals surface area contributed by atoms with Gasteiger partial charge in [0.15, 0.2) is 5.65 Å². The molecule has 3 N–H and O–H groups in total. The number of nitrogens with two attached hydrogens (primary N) is 1. The molecule has 0 radical (unpaired) electrons.